The molecule has 6 nitrogen and oxygen atoms in total. The Morgan fingerprint density at radius 3 is 2.86 bits per heavy atom. The maximum Gasteiger partial charge on any atom is 0.251 e. The zero-order valence-corrected chi connectivity index (χ0v) is 7.85. The van der Waals surface area contributed by atoms with Gasteiger partial charge in [-0.15, -0.1) is 5.10 Å². The van der Waals surface area contributed by atoms with E-state index in [1.807, 2.05) is 0 Å². The maximum atomic E-state index is 11.1. The molecule has 0 spiro atoms. The van der Waals surface area contributed by atoms with Gasteiger partial charge in [-0.05, 0) is 6.92 Å². The maximum absolute atomic E-state index is 11.1. The molecule has 0 aromatic carbocycles. The van der Waals surface area contributed by atoms with E-state index in [2.05, 4.69) is 20.3 Å². The molecule has 0 amide bonds. The molecule has 2 heterocycles. The molecule has 2 rings (SSSR count). The standard InChI is InChI=1S/C8H9N5O/c1-5-3-7(14)10-8(9-5)6-4-13(2)12-11-6/h3-4H,1-2H3,(H,9,10,14). The molecular weight excluding hydrogens is 182 g/mol. The molecule has 0 radical (unpaired) electrons. The molecule has 0 aliphatic rings. The van der Waals surface area contributed by atoms with Crippen LogP contribution in [0.3, 0.4) is 0 Å². The van der Waals surface area contributed by atoms with Crippen LogP contribution in [0, 0.1) is 6.92 Å². The number of hydrogen-bond acceptors (Lipinski definition) is 4. The van der Waals surface area contributed by atoms with E-state index in [0.29, 0.717) is 17.2 Å². The summed E-state index contributed by atoms with van der Waals surface area (Å²) in [6.07, 6.45) is 1.69. The minimum atomic E-state index is -0.182. The normalized spacial score (nSPS) is 10.4. The van der Waals surface area contributed by atoms with Crippen LogP contribution in [-0.2, 0) is 7.05 Å². The van der Waals surface area contributed by atoms with E-state index >= 15 is 0 Å². The van der Waals surface area contributed by atoms with Crippen LogP contribution in [-0.4, -0.2) is 25.0 Å². The fraction of sp³-hybridized carbons (Fsp3) is 0.250. The molecule has 14 heavy (non-hydrogen) atoms. The lowest BCUT2D eigenvalue weighted by Crippen LogP contribution is -2.08. The molecule has 0 bridgehead atoms. The summed E-state index contributed by atoms with van der Waals surface area (Å²) in [7, 11) is 1.75. The molecule has 0 aliphatic heterocycles. The fourth-order valence-corrected chi connectivity index (χ4v) is 1.16. The van der Waals surface area contributed by atoms with E-state index in [1.165, 1.54) is 6.07 Å². The van der Waals surface area contributed by atoms with Crippen molar-refractivity contribution < 1.29 is 0 Å². The Morgan fingerprint density at radius 2 is 2.29 bits per heavy atom. The quantitative estimate of drug-likeness (QED) is 0.681. The van der Waals surface area contributed by atoms with Gasteiger partial charge in [-0.1, -0.05) is 5.21 Å². The molecule has 2 aromatic heterocycles. The number of aromatic amines is 1. The van der Waals surface area contributed by atoms with E-state index in [9.17, 15) is 4.79 Å². The Labute approximate surface area is 79.6 Å². The first-order valence-electron chi connectivity index (χ1n) is 4.10. The van der Waals surface area contributed by atoms with E-state index < -0.39 is 0 Å². The van der Waals surface area contributed by atoms with Crippen LogP contribution in [0.15, 0.2) is 17.1 Å². The number of nitrogens with zero attached hydrogens (tertiary/aromatic N) is 4. The smallest absolute Gasteiger partial charge is 0.251 e. The third kappa shape index (κ3) is 1.54. The van der Waals surface area contributed by atoms with Gasteiger partial charge < -0.3 is 4.98 Å². The topological polar surface area (TPSA) is 76.5 Å². The van der Waals surface area contributed by atoms with E-state index in [1.54, 1.807) is 24.9 Å². The Hall–Kier alpha value is -1.98. The van der Waals surface area contributed by atoms with Crippen molar-refractivity contribution in [3.8, 4) is 11.5 Å². The van der Waals surface area contributed by atoms with Crippen LogP contribution in [0.1, 0.15) is 5.69 Å². The molecule has 1 N–H and O–H groups in total. The van der Waals surface area contributed by atoms with Gasteiger partial charge in [0.2, 0.25) is 0 Å². The average molecular weight is 191 g/mol. The van der Waals surface area contributed by atoms with Gasteiger partial charge in [0.1, 0.15) is 5.69 Å². The van der Waals surface area contributed by atoms with Crippen molar-refractivity contribution in [2.24, 2.45) is 7.05 Å². The van der Waals surface area contributed by atoms with Crippen LogP contribution >= 0.6 is 0 Å². The van der Waals surface area contributed by atoms with Gasteiger partial charge in [-0.25, -0.2) is 4.98 Å². The number of hydrogen-bond donors (Lipinski definition) is 1. The van der Waals surface area contributed by atoms with Gasteiger partial charge in [-0.3, -0.25) is 9.48 Å². The van der Waals surface area contributed by atoms with Gasteiger partial charge in [0.25, 0.3) is 5.56 Å². The summed E-state index contributed by atoms with van der Waals surface area (Å²) >= 11 is 0. The number of nitrogens with one attached hydrogen (secondary N) is 1. The lowest BCUT2D eigenvalue weighted by molar-refractivity contribution is 0.715. The van der Waals surface area contributed by atoms with Crippen molar-refractivity contribution >= 4 is 0 Å². The second-order valence-electron chi connectivity index (χ2n) is 3.01. The number of aryl methyl sites for hydroxylation is 2. The first-order valence-corrected chi connectivity index (χ1v) is 4.10. The van der Waals surface area contributed by atoms with Crippen molar-refractivity contribution in [1.82, 2.24) is 25.0 Å². The molecule has 0 saturated carbocycles. The van der Waals surface area contributed by atoms with E-state index in [-0.39, 0.29) is 5.56 Å². The van der Waals surface area contributed by atoms with Gasteiger partial charge in [0.15, 0.2) is 5.82 Å². The summed E-state index contributed by atoms with van der Waals surface area (Å²) < 4.78 is 1.55. The second kappa shape index (κ2) is 3.06. The van der Waals surface area contributed by atoms with Crippen molar-refractivity contribution in [2.45, 2.75) is 6.92 Å². The Bertz CT molecular complexity index is 512. The zero-order valence-electron chi connectivity index (χ0n) is 7.85. The highest BCUT2D eigenvalue weighted by atomic mass is 16.1. The molecule has 0 atom stereocenters. The predicted molar refractivity (Wildman–Crippen MR) is 49.6 cm³/mol. The summed E-state index contributed by atoms with van der Waals surface area (Å²) in [5.41, 5.74) is 1.04. The van der Waals surface area contributed by atoms with Gasteiger partial charge >= 0.3 is 0 Å². The van der Waals surface area contributed by atoms with E-state index in [0.717, 1.165) is 0 Å². The monoisotopic (exact) mass is 191 g/mol. The highest BCUT2D eigenvalue weighted by Crippen LogP contribution is 2.07. The molecule has 0 saturated heterocycles. The van der Waals surface area contributed by atoms with E-state index in [4.69, 9.17) is 0 Å². The van der Waals surface area contributed by atoms with Gasteiger partial charge in [0.05, 0.1) is 6.20 Å². The summed E-state index contributed by atoms with van der Waals surface area (Å²) in [6.45, 7) is 1.76. The Balaban J connectivity index is 2.56. The van der Waals surface area contributed by atoms with Crippen LogP contribution in [0.25, 0.3) is 11.5 Å². The molecule has 72 valence electrons. The second-order valence-corrected chi connectivity index (χ2v) is 3.01. The summed E-state index contributed by atoms with van der Waals surface area (Å²) in [5, 5.41) is 7.61. The van der Waals surface area contributed by atoms with Crippen molar-refractivity contribution in [1.29, 1.82) is 0 Å². The number of aromatic nitrogens is 5. The molecular formula is C8H9N5O. The zero-order chi connectivity index (χ0) is 10.1. The third-order valence-corrected chi connectivity index (χ3v) is 1.72. The van der Waals surface area contributed by atoms with Crippen LogP contribution in [0.4, 0.5) is 0 Å². The Morgan fingerprint density at radius 1 is 1.50 bits per heavy atom. The molecule has 6 heteroatoms. The molecule has 0 unspecified atom stereocenters. The molecule has 0 fully saturated rings. The highest BCUT2D eigenvalue weighted by molar-refractivity contribution is 5.46. The third-order valence-electron chi connectivity index (χ3n) is 1.72. The van der Waals surface area contributed by atoms with Gasteiger partial charge in [0, 0.05) is 18.8 Å². The summed E-state index contributed by atoms with van der Waals surface area (Å²) in [5.74, 6) is 0.447. The highest BCUT2D eigenvalue weighted by Gasteiger charge is 2.05. The number of H-pyrrole nitrogens is 1. The first-order chi connectivity index (χ1) is 6.65. The largest absolute Gasteiger partial charge is 0.305 e. The first kappa shape index (κ1) is 8.61. The lowest BCUT2D eigenvalue weighted by atomic mass is 10.4. The summed E-state index contributed by atoms with van der Waals surface area (Å²) in [6, 6.07) is 1.43. The van der Waals surface area contributed by atoms with Crippen LogP contribution < -0.4 is 5.56 Å². The van der Waals surface area contributed by atoms with Crippen molar-refractivity contribution in [2.75, 3.05) is 0 Å². The van der Waals surface area contributed by atoms with Crippen molar-refractivity contribution in [3.63, 3.8) is 0 Å². The van der Waals surface area contributed by atoms with Gasteiger partial charge in [-0.2, -0.15) is 0 Å². The van der Waals surface area contributed by atoms with Crippen LogP contribution in [0.2, 0.25) is 0 Å². The van der Waals surface area contributed by atoms with Crippen LogP contribution in [0.5, 0.6) is 0 Å². The molecule has 2 aromatic rings. The minimum absolute atomic E-state index is 0.182. The lowest BCUT2D eigenvalue weighted by Gasteiger charge is -1.95. The Kier molecular flexibility index (Phi) is 1.88. The fourth-order valence-electron chi connectivity index (χ4n) is 1.16. The van der Waals surface area contributed by atoms with Crippen molar-refractivity contribution in [3.05, 3.63) is 28.3 Å². The predicted octanol–water partition coefficient (Wildman–Crippen LogP) is -0.126. The minimum Gasteiger partial charge on any atom is -0.305 e. The number of rotatable bonds is 1. The molecule has 0 aliphatic carbocycles. The SMILES string of the molecule is Cc1cc(=O)[nH]c(-c2cn(C)nn2)n1. The average Bonchev–Trinajstić information content (AvgIpc) is 2.50. The summed E-state index contributed by atoms with van der Waals surface area (Å²) in [4.78, 5) is 17.9.